The summed E-state index contributed by atoms with van der Waals surface area (Å²) >= 11 is 1.19. The highest BCUT2D eigenvalue weighted by Crippen LogP contribution is 2.21. The molecular weight excluding hydrogens is 310 g/mol. The smallest absolute Gasteiger partial charge is 0.271 e. The van der Waals surface area contributed by atoms with Crippen molar-refractivity contribution >= 4 is 32.0 Å². The summed E-state index contributed by atoms with van der Waals surface area (Å²) in [6.07, 6.45) is 1.52. The van der Waals surface area contributed by atoms with Crippen molar-refractivity contribution in [1.29, 1.82) is 0 Å². The van der Waals surface area contributed by atoms with Crippen molar-refractivity contribution in [3.63, 3.8) is 0 Å². The Labute approximate surface area is 115 Å². The van der Waals surface area contributed by atoms with Crippen molar-refractivity contribution in [2.24, 2.45) is 0 Å². The first-order valence-electron chi connectivity index (χ1n) is 5.24. The highest BCUT2D eigenvalue weighted by molar-refractivity contribution is 7.92. The Morgan fingerprint density at radius 3 is 2.60 bits per heavy atom. The lowest BCUT2D eigenvalue weighted by molar-refractivity contribution is 0.579. The number of thiazole rings is 1. The molecule has 0 unspecified atom stereocenters. The van der Waals surface area contributed by atoms with Gasteiger partial charge in [0.1, 0.15) is 17.3 Å². The SMILES string of the molecule is O=S(=O)(Nc1c(F)cccc1F)c1nc2sccn2n1. The molecule has 0 saturated carbocycles. The Bertz CT molecular complexity index is 839. The minimum atomic E-state index is -4.26. The summed E-state index contributed by atoms with van der Waals surface area (Å²) in [5, 5.41) is 4.85. The van der Waals surface area contributed by atoms with Crippen LogP contribution in [0.5, 0.6) is 0 Å². The zero-order valence-corrected chi connectivity index (χ0v) is 11.3. The number of fused-ring (bicyclic) bond motifs is 1. The Kier molecular flexibility index (Phi) is 2.91. The van der Waals surface area contributed by atoms with Crippen molar-refractivity contribution in [3.8, 4) is 0 Å². The fraction of sp³-hybridized carbons (Fsp3) is 0. The van der Waals surface area contributed by atoms with Crippen LogP contribution < -0.4 is 4.72 Å². The summed E-state index contributed by atoms with van der Waals surface area (Å²) in [5.41, 5.74) is -0.759. The molecule has 0 saturated heterocycles. The third kappa shape index (κ3) is 2.12. The van der Waals surface area contributed by atoms with Gasteiger partial charge in [-0.05, 0) is 12.1 Å². The number of sulfonamides is 1. The summed E-state index contributed by atoms with van der Waals surface area (Å²) in [6.45, 7) is 0. The van der Waals surface area contributed by atoms with Gasteiger partial charge in [0.2, 0.25) is 4.96 Å². The number of halogens is 2. The van der Waals surface area contributed by atoms with Crippen molar-refractivity contribution in [1.82, 2.24) is 14.6 Å². The molecule has 0 aliphatic carbocycles. The second kappa shape index (κ2) is 4.49. The number of aromatic nitrogens is 3. The van der Waals surface area contributed by atoms with Crippen LogP contribution in [0.3, 0.4) is 0 Å². The first-order valence-corrected chi connectivity index (χ1v) is 7.60. The van der Waals surface area contributed by atoms with Gasteiger partial charge in [-0.15, -0.1) is 16.4 Å². The van der Waals surface area contributed by atoms with E-state index in [9.17, 15) is 17.2 Å². The second-order valence-electron chi connectivity index (χ2n) is 3.73. The molecule has 6 nitrogen and oxygen atoms in total. The summed E-state index contributed by atoms with van der Waals surface area (Å²) in [6, 6.07) is 3.02. The number of anilines is 1. The van der Waals surface area contributed by atoms with Gasteiger partial charge in [0, 0.05) is 11.6 Å². The predicted molar refractivity (Wildman–Crippen MR) is 68.0 cm³/mol. The Morgan fingerprint density at radius 2 is 1.95 bits per heavy atom. The second-order valence-corrected chi connectivity index (χ2v) is 6.18. The van der Waals surface area contributed by atoms with E-state index in [1.807, 2.05) is 4.72 Å². The molecule has 0 atom stereocenters. The molecule has 3 rings (SSSR count). The Morgan fingerprint density at radius 1 is 1.25 bits per heavy atom. The van der Waals surface area contributed by atoms with Gasteiger partial charge in [0.05, 0.1) is 0 Å². The number of hydrogen-bond donors (Lipinski definition) is 1. The van der Waals surface area contributed by atoms with Gasteiger partial charge < -0.3 is 0 Å². The fourth-order valence-electron chi connectivity index (χ4n) is 1.51. The van der Waals surface area contributed by atoms with E-state index in [1.165, 1.54) is 22.0 Å². The molecule has 1 aromatic carbocycles. The monoisotopic (exact) mass is 316 g/mol. The minimum absolute atomic E-state index is 0.361. The molecular formula is C10H6F2N4O2S2. The third-order valence-corrected chi connectivity index (χ3v) is 4.27. The van der Waals surface area contributed by atoms with Crippen LogP contribution in [0.2, 0.25) is 0 Å². The first-order chi connectivity index (χ1) is 9.47. The molecule has 0 fully saturated rings. The average molecular weight is 316 g/mol. The van der Waals surface area contributed by atoms with Gasteiger partial charge in [0.15, 0.2) is 0 Å². The Hall–Kier alpha value is -2.07. The highest BCUT2D eigenvalue weighted by Gasteiger charge is 2.24. The van der Waals surface area contributed by atoms with Crippen LogP contribution in [0.25, 0.3) is 4.96 Å². The van der Waals surface area contributed by atoms with Crippen molar-refractivity contribution in [2.45, 2.75) is 5.16 Å². The van der Waals surface area contributed by atoms with Crippen LogP contribution in [0, 0.1) is 11.6 Å². The first kappa shape index (κ1) is 12.9. The minimum Gasteiger partial charge on any atom is -0.271 e. The molecule has 0 aliphatic heterocycles. The number of nitrogens with one attached hydrogen (secondary N) is 1. The fourth-order valence-corrected chi connectivity index (χ4v) is 3.17. The molecule has 104 valence electrons. The lowest BCUT2D eigenvalue weighted by Crippen LogP contribution is -2.16. The van der Waals surface area contributed by atoms with Crippen LogP contribution >= 0.6 is 11.3 Å². The maximum Gasteiger partial charge on any atom is 0.299 e. The molecule has 0 aliphatic rings. The summed E-state index contributed by atoms with van der Waals surface area (Å²) in [7, 11) is -4.26. The van der Waals surface area contributed by atoms with Crippen molar-refractivity contribution in [3.05, 3.63) is 41.4 Å². The highest BCUT2D eigenvalue weighted by atomic mass is 32.2. The zero-order chi connectivity index (χ0) is 14.3. The van der Waals surface area contributed by atoms with Crippen molar-refractivity contribution in [2.75, 3.05) is 4.72 Å². The van der Waals surface area contributed by atoms with Crippen molar-refractivity contribution < 1.29 is 17.2 Å². The normalized spacial score (nSPS) is 11.9. The molecule has 3 aromatic rings. The van der Waals surface area contributed by atoms with E-state index in [-0.39, 0.29) is 0 Å². The average Bonchev–Trinajstić information content (AvgIpc) is 2.94. The van der Waals surface area contributed by atoms with Crippen LogP contribution in [-0.2, 0) is 10.0 Å². The predicted octanol–water partition coefficient (Wildman–Crippen LogP) is 1.87. The van der Waals surface area contributed by atoms with Gasteiger partial charge in [-0.3, -0.25) is 4.72 Å². The van der Waals surface area contributed by atoms with Crippen LogP contribution in [0.4, 0.5) is 14.5 Å². The van der Waals surface area contributed by atoms with E-state index in [1.54, 1.807) is 5.38 Å². The number of benzene rings is 1. The van der Waals surface area contributed by atoms with Gasteiger partial charge in [-0.2, -0.15) is 13.4 Å². The van der Waals surface area contributed by atoms with Gasteiger partial charge >= 0.3 is 0 Å². The maximum absolute atomic E-state index is 13.4. The number of nitrogens with zero attached hydrogens (tertiary/aromatic N) is 3. The van der Waals surface area contributed by atoms with E-state index in [2.05, 4.69) is 10.1 Å². The molecule has 0 amide bonds. The van der Waals surface area contributed by atoms with E-state index in [0.717, 1.165) is 18.2 Å². The van der Waals surface area contributed by atoms with E-state index in [0.29, 0.717) is 4.96 Å². The molecule has 0 radical (unpaired) electrons. The zero-order valence-electron chi connectivity index (χ0n) is 9.62. The quantitative estimate of drug-likeness (QED) is 0.800. The summed E-state index contributed by atoms with van der Waals surface area (Å²) in [5.74, 6) is -2.04. The van der Waals surface area contributed by atoms with Crippen LogP contribution in [0.15, 0.2) is 34.9 Å². The summed E-state index contributed by atoms with van der Waals surface area (Å²) < 4.78 is 53.9. The molecule has 20 heavy (non-hydrogen) atoms. The molecule has 2 aromatic heterocycles. The van der Waals surface area contributed by atoms with Gasteiger partial charge in [-0.1, -0.05) is 6.07 Å². The molecule has 0 spiro atoms. The van der Waals surface area contributed by atoms with Gasteiger partial charge in [-0.25, -0.2) is 13.3 Å². The van der Waals surface area contributed by atoms with Gasteiger partial charge in [0.25, 0.3) is 15.2 Å². The number of para-hydroxylation sites is 1. The van der Waals surface area contributed by atoms with E-state index < -0.39 is 32.5 Å². The van der Waals surface area contributed by atoms with Crippen LogP contribution in [-0.4, -0.2) is 23.0 Å². The third-order valence-electron chi connectivity index (χ3n) is 2.40. The molecule has 0 bridgehead atoms. The standard InChI is InChI=1S/C10H6F2N4O2S2/c11-6-2-1-3-7(12)8(6)15-20(17,18)9-13-10-16(14-9)4-5-19-10/h1-5,15H. The molecule has 2 heterocycles. The van der Waals surface area contributed by atoms with E-state index in [4.69, 9.17) is 0 Å². The molecule has 1 N–H and O–H groups in total. The maximum atomic E-state index is 13.4. The Balaban J connectivity index is 2.02. The van der Waals surface area contributed by atoms with Crippen LogP contribution in [0.1, 0.15) is 0 Å². The number of rotatable bonds is 3. The largest absolute Gasteiger partial charge is 0.299 e. The van der Waals surface area contributed by atoms with E-state index >= 15 is 0 Å². The molecule has 10 heteroatoms. The number of hydrogen-bond acceptors (Lipinski definition) is 5. The topological polar surface area (TPSA) is 76.4 Å². The lowest BCUT2D eigenvalue weighted by atomic mass is 10.3. The lowest BCUT2D eigenvalue weighted by Gasteiger charge is -2.06. The summed E-state index contributed by atoms with van der Waals surface area (Å²) in [4.78, 5) is 4.14.